The van der Waals surface area contributed by atoms with E-state index in [9.17, 15) is 14.4 Å². The predicted octanol–water partition coefficient (Wildman–Crippen LogP) is 3.38. The number of hydrogen-bond donors (Lipinski definition) is 1. The van der Waals surface area contributed by atoms with Gasteiger partial charge in [0.1, 0.15) is 17.0 Å². The Morgan fingerprint density at radius 2 is 1.96 bits per heavy atom. The molecule has 3 heterocycles. The Morgan fingerprint density at radius 3 is 2.71 bits per heavy atom. The second-order valence-corrected chi connectivity index (χ2v) is 7.14. The van der Waals surface area contributed by atoms with Gasteiger partial charge in [-0.2, -0.15) is 0 Å². The number of Topliss-reactive ketones (excluding diaryl/α,β-unsaturated/α-hetero) is 1. The number of amides is 1. The molecule has 0 aromatic carbocycles. The summed E-state index contributed by atoms with van der Waals surface area (Å²) in [5.41, 5.74) is 0.506. The number of nitrogens with one attached hydrogen (secondary N) is 1. The normalized spacial score (nSPS) is 15.0. The lowest BCUT2D eigenvalue weighted by Gasteiger charge is -2.25. The van der Waals surface area contributed by atoms with Gasteiger partial charge in [0.2, 0.25) is 5.43 Å². The van der Waals surface area contributed by atoms with Crippen LogP contribution in [0.1, 0.15) is 42.1 Å². The van der Waals surface area contributed by atoms with Crippen LogP contribution in [-0.2, 0) is 4.79 Å². The second-order valence-electron chi connectivity index (χ2n) is 6.73. The molecule has 0 atom stereocenters. The molecule has 142 valence electrons. The summed E-state index contributed by atoms with van der Waals surface area (Å²) in [5.74, 6) is -0.315. The highest BCUT2D eigenvalue weighted by atomic mass is 35.5. The Bertz CT molecular complexity index is 1130. The molecule has 0 saturated heterocycles. The Balaban J connectivity index is 1.79. The number of carbonyl (C=O) groups excluding carboxylic acids is 2. The Hall–Kier alpha value is -3.06. The molecule has 0 radical (unpaired) electrons. The van der Waals surface area contributed by atoms with Gasteiger partial charge in [-0.05, 0) is 31.0 Å². The van der Waals surface area contributed by atoms with Gasteiger partial charge in [0.15, 0.2) is 0 Å². The van der Waals surface area contributed by atoms with Crippen LogP contribution in [0.15, 0.2) is 47.8 Å². The number of ketones is 1. The molecule has 1 fully saturated rings. The number of rotatable bonds is 3. The van der Waals surface area contributed by atoms with Crippen molar-refractivity contribution in [2.24, 2.45) is 0 Å². The quantitative estimate of drug-likeness (QED) is 0.732. The largest absolute Gasteiger partial charge is 0.328 e. The molecule has 1 amide bonds. The zero-order chi connectivity index (χ0) is 19.7. The lowest BCUT2D eigenvalue weighted by atomic mass is 9.93. The summed E-state index contributed by atoms with van der Waals surface area (Å²) in [6.07, 6.45) is 8.36. The van der Waals surface area contributed by atoms with Crippen molar-refractivity contribution in [3.05, 3.63) is 63.8 Å². The maximum absolute atomic E-state index is 12.9. The van der Waals surface area contributed by atoms with Crippen molar-refractivity contribution >= 4 is 40.0 Å². The SMILES string of the molecule is O=C1CCC(n2cc(C(=O)Nc3ccncc3Cl)c(=O)c3cccnc32)CC1. The highest BCUT2D eigenvalue weighted by Gasteiger charge is 2.24. The minimum Gasteiger partial charge on any atom is -0.328 e. The van der Waals surface area contributed by atoms with E-state index in [0.717, 1.165) is 0 Å². The number of halogens is 1. The number of pyridine rings is 3. The molecule has 4 rings (SSSR count). The van der Waals surface area contributed by atoms with Crippen LogP contribution in [0.2, 0.25) is 5.02 Å². The van der Waals surface area contributed by atoms with Gasteiger partial charge in [-0.3, -0.25) is 19.4 Å². The third-order valence-electron chi connectivity index (χ3n) is 4.96. The van der Waals surface area contributed by atoms with Crippen LogP contribution in [0.4, 0.5) is 5.69 Å². The first kappa shape index (κ1) is 18.3. The van der Waals surface area contributed by atoms with Crippen molar-refractivity contribution in [1.82, 2.24) is 14.5 Å². The average molecular weight is 397 g/mol. The molecule has 1 aliphatic carbocycles. The first-order chi connectivity index (χ1) is 13.5. The third-order valence-corrected chi connectivity index (χ3v) is 5.26. The number of carbonyl (C=O) groups is 2. The van der Waals surface area contributed by atoms with Crippen LogP contribution in [0.3, 0.4) is 0 Å². The van der Waals surface area contributed by atoms with Gasteiger partial charge in [-0.1, -0.05) is 11.6 Å². The van der Waals surface area contributed by atoms with Crippen LogP contribution in [0, 0.1) is 0 Å². The van der Waals surface area contributed by atoms with Crippen molar-refractivity contribution in [1.29, 1.82) is 0 Å². The van der Waals surface area contributed by atoms with E-state index in [1.165, 1.54) is 12.4 Å². The molecule has 7 nitrogen and oxygen atoms in total. The Morgan fingerprint density at radius 1 is 1.18 bits per heavy atom. The Kier molecular flexibility index (Phi) is 4.92. The molecule has 3 aromatic rings. The molecule has 3 aromatic heterocycles. The van der Waals surface area contributed by atoms with Crippen LogP contribution in [-0.4, -0.2) is 26.2 Å². The number of aromatic nitrogens is 3. The number of fused-ring (bicyclic) bond motifs is 1. The maximum atomic E-state index is 12.9. The second kappa shape index (κ2) is 7.52. The molecule has 0 spiro atoms. The summed E-state index contributed by atoms with van der Waals surface area (Å²) < 4.78 is 1.85. The topological polar surface area (TPSA) is 94.0 Å². The van der Waals surface area contributed by atoms with Crippen molar-refractivity contribution in [3.63, 3.8) is 0 Å². The standard InChI is InChI=1S/C20H17ClN4O3/c21-16-10-22-9-7-17(16)24-20(28)15-11-25(12-3-5-13(26)6-4-12)19-14(18(15)27)2-1-8-23-19/h1-2,7-12H,3-6H2,(H,22,24,28). The zero-order valence-electron chi connectivity index (χ0n) is 14.9. The molecule has 0 unspecified atom stereocenters. The van der Waals surface area contributed by atoms with E-state index in [-0.39, 0.29) is 22.4 Å². The highest BCUT2D eigenvalue weighted by Crippen LogP contribution is 2.29. The first-order valence-electron chi connectivity index (χ1n) is 8.97. The van der Waals surface area contributed by atoms with Crippen molar-refractivity contribution in [2.75, 3.05) is 5.32 Å². The summed E-state index contributed by atoms with van der Waals surface area (Å²) in [6, 6.07) is 4.89. The average Bonchev–Trinajstić information content (AvgIpc) is 2.71. The summed E-state index contributed by atoms with van der Waals surface area (Å²) in [4.78, 5) is 45.6. The van der Waals surface area contributed by atoms with E-state index in [1.807, 2.05) is 4.57 Å². The fourth-order valence-electron chi connectivity index (χ4n) is 3.49. The van der Waals surface area contributed by atoms with Crippen LogP contribution in [0.25, 0.3) is 11.0 Å². The van der Waals surface area contributed by atoms with E-state index in [0.29, 0.717) is 42.4 Å². The van der Waals surface area contributed by atoms with Crippen molar-refractivity contribution in [2.45, 2.75) is 31.7 Å². The van der Waals surface area contributed by atoms with Gasteiger partial charge in [-0.25, -0.2) is 4.98 Å². The minimum atomic E-state index is -0.551. The van der Waals surface area contributed by atoms with Crippen molar-refractivity contribution < 1.29 is 9.59 Å². The number of hydrogen-bond acceptors (Lipinski definition) is 5. The van der Waals surface area contributed by atoms with Gasteiger partial charge < -0.3 is 9.88 Å². The van der Waals surface area contributed by atoms with Gasteiger partial charge >= 0.3 is 0 Å². The van der Waals surface area contributed by atoms with Gasteiger partial charge in [0.25, 0.3) is 5.91 Å². The summed E-state index contributed by atoms with van der Waals surface area (Å²) in [7, 11) is 0. The van der Waals surface area contributed by atoms with Crippen LogP contribution >= 0.6 is 11.6 Å². The molecule has 1 saturated carbocycles. The molecule has 1 N–H and O–H groups in total. The van der Waals surface area contributed by atoms with E-state index >= 15 is 0 Å². The van der Waals surface area contributed by atoms with Gasteiger partial charge in [-0.15, -0.1) is 0 Å². The predicted molar refractivity (Wildman–Crippen MR) is 106 cm³/mol. The summed E-state index contributed by atoms with van der Waals surface area (Å²) >= 11 is 6.05. The molecule has 0 aliphatic heterocycles. The highest BCUT2D eigenvalue weighted by molar-refractivity contribution is 6.33. The van der Waals surface area contributed by atoms with Crippen molar-refractivity contribution in [3.8, 4) is 0 Å². The molecular weight excluding hydrogens is 380 g/mol. The minimum absolute atomic E-state index is 0.00489. The number of nitrogens with zero attached hydrogens (tertiary/aromatic N) is 3. The van der Waals surface area contributed by atoms with Gasteiger partial charge in [0, 0.05) is 43.7 Å². The monoisotopic (exact) mass is 396 g/mol. The third kappa shape index (κ3) is 3.41. The first-order valence-corrected chi connectivity index (χ1v) is 9.35. The molecule has 1 aliphatic rings. The molecule has 8 heteroatoms. The zero-order valence-corrected chi connectivity index (χ0v) is 15.6. The fourth-order valence-corrected chi connectivity index (χ4v) is 3.66. The van der Waals surface area contributed by atoms with E-state index in [2.05, 4.69) is 15.3 Å². The lowest BCUT2D eigenvalue weighted by molar-refractivity contribution is -0.120. The molecule has 28 heavy (non-hydrogen) atoms. The van der Waals surface area contributed by atoms with E-state index < -0.39 is 11.3 Å². The smallest absolute Gasteiger partial charge is 0.261 e. The molecule has 0 bridgehead atoms. The number of anilines is 1. The lowest BCUT2D eigenvalue weighted by Crippen LogP contribution is -2.27. The summed E-state index contributed by atoms with van der Waals surface area (Å²) in [5, 5.41) is 3.32. The van der Waals surface area contributed by atoms with Crippen LogP contribution < -0.4 is 10.7 Å². The Labute approximate surface area is 165 Å². The molecular formula is C20H17ClN4O3. The van der Waals surface area contributed by atoms with E-state index in [1.54, 1.807) is 30.6 Å². The maximum Gasteiger partial charge on any atom is 0.261 e. The van der Waals surface area contributed by atoms with Crippen LogP contribution in [0.5, 0.6) is 0 Å². The van der Waals surface area contributed by atoms with E-state index in [4.69, 9.17) is 11.6 Å². The fraction of sp³-hybridized carbons (Fsp3) is 0.250. The van der Waals surface area contributed by atoms with Gasteiger partial charge in [0.05, 0.1) is 16.1 Å². The summed E-state index contributed by atoms with van der Waals surface area (Å²) in [6.45, 7) is 0.